The van der Waals surface area contributed by atoms with Crippen molar-refractivity contribution in [2.24, 2.45) is 5.73 Å². The Labute approximate surface area is 82.0 Å². The Morgan fingerprint density at radius 2 is 2.14 bits per heavy atom. The second-order valence-electron chi connectivity index (χ2n) is 3.31. The van der Waals surface area contributed by atoms with E-state index < -0.39 is 12.0 Å². The van der Waals surface area contributed by atoms with E-state index in [1.807, 2.05) is 6.92 Å². The summed E-state index contributed by atoms with van der Waals surface area (Å²) in [6.07, 6.45) is -0.136. The number of hydrogen-bond donors (Lipinski definition) is 3. The van der Waals surface area contributed by atoms with Crippen LogP contribution in [0, 0.1) is 6.92 Å². The molecule has 0 saturated heterocycles. The predicted molar refractivity (Wildman–Crippen MR) is 52.0 cm³/mol. The number of phenolic OH excluding ortho intramolecular Hbond substituents is 1. The molecule has 0 aliphatic carbocycles. The number of phenols is 1. The van der Waals surface area contributed by atoms with Gasteiger partial charge in [0.2, 0.25) is 0 Å². The Bertz CT molecular complexity index is 329. The van der Waals surface area contributed by atoms with Crippen LogP contribution in [-0.4, -0.2) is 16.2 Å². The molecule has 1 rings (SSSR count). The number of hydrogen-bond acceptors (Lipinski definition) is 3. The van der Waals surface area contributed by atoms with Crippen molar-refractivity contribution in [3.05, 3.63) is 29.3 Å². The normalized spacial score (nSPS) is 12.4. The van der Waals surface area contributed by atoms with Crippen LogP contribution in [0.1, 0.15) is 23.6 Å². The molecule has 0 spiro atoms. The molecule has 0 saturated carbocycles. The molecule has 0 fully saturated rings. The fraction of sp³-hybridized carbons (Fsp3) is 0.300. The van der Waals surface area contributed by atoms with Crippen LogP contribution in [0.15, 0.2) is 18.2 Å². The number of nitrogens with two attached hydrogens (primary N) is 1. The summed E-state index contributed by atoms with van der Waals surface area (Å²) in [7, 11) is 0. The maximum absolute atomic E-state index is 10.4. The van der Waals surface area contributed by atoms with Crippen LogP contribution < -0.4 is 5.73 Å². The van der Waals surface area contributed by atoms with E-state index in [2.05, 4.69) is 0 Å². The molecule has 14 heavy (non-hydrogen) atoms. The number of carboxylic acids is 1. The van der Waals surface area contributed by atoms with Crippen molar-refractivity contribution in [3.63, 3.8) is 0 Å². The van der Waals surface area contributed by atoms with Gasteiger partial charge in [0.1, 0.15) is 5.75 Å². The highest BCUT2D eigenvalue weighted by Crippen LogP contribution is 2.21. The van der Waals surface area contributed by atoms with Gasteiger partial charge in [-0.05, 0) is 30.2 Å². The van der Waals surface area contributed by atoms with Crippen LogP contribution in [0.4, 0.5) is 0 Å². The molecule has 0 unspecified atom stereocenters. The monoisotopic (exact) mass is 195 g/mol. The van der Waals surface area contributed by atoms with Gasteiger partial charge in [0.25, 0.3) is 0 Å². The van der Waals surface area contributed by atoms with E-state index in [1.54, 1.807) is 12.1 Å². The summed E-state index contributed by atoms with van der Waals surface area (Å²) in [5.41, 5.74) is 7.15. The number of rotatable bonds is 3. The van der Waals surface area contributed by atoms with E-state index in [0.717, 1.165) is 5.56 Å². The summed E-state index contributed by atoms with van der Waals surface area (Å²) < 4.78 is 0. The summed E-state index contributed by atoms with van der Waals surface area (Å²) in [4.78, 5) is 10.4. The SMILES string of the molecule is Cc1cc(O)cc([C@H](N)CC(=O)O)c1. The van der Waals surface area contributed by atoms with E-state index in [1.165, 1.54) is 6.07 Å². The van der Waals surface area contributed by atoms with Gasteiger partial charge in [-0.2, -0.15) is 0 Å². The lowest BCUT2D eigenvalue weighted by atomic mass is 10.0. The highest BCUT2D eigenvalue weighted by Gasteiger charge is 2.11. The number of aromatic hydroxyl groups is 1. The molecule has 1 atom stereocenters. The zero-order valence-electron chi connectivity index (χ0n) is 7.90. The highest BCUT2D eigenvalue weighted by atomic mass is 16.4. The number of carbonyl (C=O) groups is 1. The zero-order chi connectivity index (χ0) is 10.7. The number of carboxylic acid groups (broad SMARTS) is 1. The fourth-order valence-electron chi connectivity index (χ4n) is 1.31. The lowest BCUT2D eigenvalue weighted by molar-refractivity contribution is -0.137. The lowest BCUT2D eigenvalue weighted by Crippen LogP contribution is -2.14. The minimum atomic E-state index is -0.946. The molecule has 0 aliphatic rings. The maximum Gasteiger partial charge on any atom is 0.305 e. The van der Waals surface area contributed by atoms with Gasteiger partial charge in [0, 0.05) is 6.04 Å². The molecule has 0 radical (unpaired) electrons. The van der Waals surface area contributed by atoms with Gasteiger partial charge >= 0.3 is 5.97 Å². The molecular weight excluding hydrogens is 182 g/mol. The minimum Gasteiger partial charge on any atom is -0.508 e. The average Bonchev–Trinajstić information content (AvgIpc) is 2.00. The zero-order valence-corrected chi connectivity index (χ0v) is 7.90. The Kier molecular flexibility index (Phi) is 3.09. The van der Waals surface area contributed by atoms with Crippen LogP contribution in [0.5, 0.6) is 5.75 Å². The largest absolute Gasteiger partial charge is 0.508 e. The van der Waals surface area contributed by atoms with Crippen molar-refractivity contribution in [2.45, 2.75) is 19.4 Å². The van der Waals surface area contributed by atoms with Crippen LogP contribution in [0.25, 0.3) is 0 Å². The van der Waals surface area contributed by atoms with Crippen molar-refractivity contribution in [3.8, 4) is 5.75 Å². The van der Waals surface area contributed by atoms with E-state index in [0.29, 0.717) is 5.56 Å². The highest BCUT2D eigenvalue weighted by molar-refractivity contribution is 5.68. The van der Waals surface area contributed by atoms with E-state index >= 15 is 0 Å². The lowest BCUT2D eigenvalue weighted by Gasteiger charge is -2.10. The Balaban J connectivity index is 2.89. The third kappa shape index (κ3) is 2.74. The summed E-state index contributed by atoms with van der Waals surface area (Å²) in [5.74, 6) is -0.834. The summed E-state index contributed by atoms with van der Waals surface area (Å²) in [6, 6.07) is 4.28. The van der Waals surface area contributed by atoms with Crippen molar-refractivity contribution in [2.75, 3.05) is 0 Å². The number of aryl methyl sites for hydroxylation is 1. The molecule has 0 aromatic heterocycles. The van der Waals surface area contributed by atoms with Crippen LogP contribution >= 0.6 is 0 Å². The number of aliphatic carboxylic acids is 1. The maximum atomic E-state index is 10.4. The first-order chi connectivity index (χ1) is 6.49. The molecule has 0 bridgehead atoms. The molecule has 76 valence electrons. The van der Waals surface area contributed by atoms with E-state index in [-0.39, 0.29) is 12.2 Å². The Morgan fingerprint density at radius 1 is 1.50 bits per heavy atom. The van der Waals surface area contributed by atoms with Gasteiger partial charge in [-0.1, -0.05) is 6.07 Å². The van der Waals surface area contributed by atoms with Crippen LogP contribution in [-0.2, 0) is 4.79 Å². The second-order valence-corrected chi connectivity index (χ2v) is 3.31. The van der Waals surface area contributed by atoms with Crippen molar-refractivity contribution in [1.29, 1.82) is 0 Å². The van der Waals surface area contributed by atoms with Gasteiger partial charge in [0.15, 0.2) is 0 Å². The topological polar surface area (TPSA) is 83.5 Å². The first-order valence-electron chi connectivity index (χ1n) is 4.27. The quantitative estimate of drug-likeness (QED) is 0.676. The average molecular weight is 195 g/mol. The molecule has 4 nitrogen and oxygen atoms in total. The van der Waals surface area contributed by atoms with Gasteiger partial charge < -0.3 is 15.9 Å². The predicted octanol–water partition coefficient (Wildman–Crippen LogP) is 1.18. The molecule has 4 N–H and O–H groups in total. The van der Waals surface area contributed by atoms with Crippen LogP contribution in [0.2, 0.25) is 0 Å². The summed E-state index contributed by atoms with van der Waals surface area (Å²) in [6.45, 7) is 1.82. The Hall–Kier alpha value is -1.55. The first-order valence-corrected chi connectivity index (χ1v) is 4.27. The smallest absolute Gasteiger partial charge is 0.305 e. The second kappa shape index (κ2) is 4.11. The minimum absolute atomic E-state index is 0.112. The van der Waals surface area contributed by atoms with E-state index in [9.17, 15) is 9.90 Å². The molecule has 4 heteroatoms. The fourth-order valence-corrected chi connectivity index (χ4v) is 1.31. The number of benzene rings is 1. The van der Waals surface area contributed by atoms with Crippen molar-refractivity contribution < 1.29 is 15.0 Å². The molecule has 0 heterocycles. The standard InChI is InChI=1S/C10H13NO3/c1-6-2-7(4-8(12)3-6)9(11)5-10(13)14/h2-4,9,12H,5,11H2,1H3,(H,13,14)/t9-/m1/s1. The molecular formula is C10H13NO3. The van der Waals surface area contributed by atoms with Crippen LogP contribution in [0.3, 0.4) is 0 Å². The molecule has 1 aromatic carbocycles. The summed E-state index contributed by atoms with van der Waals surface area (Å²) >= 11 is 0. The van der Waals surface area contributed by atoms with Gasteiger partial charge in [0.05, 0.1) is 6.42 Å². The van der Waals surface area contributed by atoms with E-state index in [4.69, 9.17) is 10.8 Å². The first kappa shape index (κ1) is 10.5. The van der Waals surface area contributed by atoms with Crippen molar-refractivity contribution in [1.82, 2.24) is 0 Å². The van der Waals surface area contributed by atoms with Gasteiger partial charge in [-0.3, -0.25) is 4.79 Å². The van der Waals surface area contributed by atoms with Crippen molar-refractivity contribution >= 4 is 5.97 Å². The summed E-state index contributed by atoms with van der Waals surface area (Å²) in [5, 5.41) is 17.8. The Morgan fingerprint density at radius 3 is 2.64 bits per heavy atom. The third-order valence-electron chi connectivity index (χ3n) is 1.91. The third-order valence-corrected chi connectivity index (χ3v) is 1.91. The molecule has 0 amide bonds. The molecule has 1 aromatic rings. The molecule has 0 aliphatic heterocycles. The van der Waals surface area contributed by atoms with Gasteiger partial charge in [-0.25, -0.2) is 0 Å². The van der Waals surface area contributed by atoms with Gasteiger partial charge in [-0.15, -0.1) is 0 Å².